The lowest BCUT2D eigenvalue weighted by Crippen LogP contribution is -2.54. The average molecular weight is 210 g/mol. The van der Waals surface area contributed by atoms with Crippen molar-refractivity contribution in [3.63, 3.8) is 0 Å². The maximum atomic E-state index is 12.1. The molecule has 3 nitrogen and oxygen atoms in total. The van der Waals surface area contributed by atoms with Gasteiger partial charge in [-0.25, -0.2) is 0 Å². The number of hydrogen-bond donors (Lipinski definition) is 1. The van der Waals surface area contributed by atoms with Crippen molar-refractivity contribution in [2.45, 2.75) is 37.5 Å². The Labute approximate surface area is 80.0 Å². The Kier molecular flexibility index (Phi) is 3.04. The molecule has 0 aromatic rings. The average Bonchev–Trinajstić information content (AvgIpc) is 1.96. The van der Waals surface area contributed by atoms with Crippen LogP contribution < -0.4 is 5.73 Å². The van der Waals surface area contributed by atoms with Gasteiger partial charge in [0.2, 0.25) is 5.91 Å². The van der Waals surface area contributed by atoms with Crippen molar-refractivity contribution in [3.05, 3.63) is 0 Å². The summed E-state index contributed by atoms with van der Waals surface area (Å²) in [4.78, 5) is 12.3. The monoisotopic (exact) mass is 210 g/mol. The Morgan fingerprint density at radius 2 is 2.00 bits per heavy atom. The Morgan fingerprint density at radius 3 is 2.29 bits per heavy atom. The number of alkyl halides is 3. The number of nitrogens with two attached hydrogens (primary N) is 1. The van der Waals surface area contributed by atoms with Gasteiger partial charge >= 0.3 is 6.18 Å². The summed E-state index contributed by atoms with van der Waals surface area (Å²) in [5.41, 5.74) is 4.80. The largest absolute Gasteiger partial charge is 0.412 e. The fourth-order valence-corrected chi connectivity index (χ4v) is 1.31. The summed E-state index contributed by atoms with van der Waals surface area (Å²) in [6, 6.07) is -2.44. The van der Waals surface area contributed by atoms with Gasteiger partial charge in [0.05, 0.1) is 0 Å². The molecule has 1 rings (SSSR count). The highest BCUT2D eigenvalue weighted by Gasteiger charge is 2.44. The first-order valence-corrected chi connectivity index (χ1v) is 4.43. The maximum absolute atomic E-state index is 12.1. The van der Waals surface area contributed by atoms with Crippen LogP contribution in [0.25, 0.3) is 0 Å². The summed E-state index contributed by atoms with van der Waals surface area (Å²) < 4.78 is 36.2. The number of hydrogen-bond acceptors (Lipinski definition) is 2. The topological polar surface area (TPSA) is 46.3 Å². The van der Waals surface area contributed by atoms with Crippen LogP contribution in [0, 0.1) is 0 Å². The van der Waals surface area contributed by atoms with Gasteiger partial charge in [-0.2, -0.15) is 13.2 Å². The Balaban J connectivity index is 2.55. The Bertz CT molecular complexity index is 225. The lowest BCUT2D eigenvalue weighted by molar-refractivity contribution is -0.171. The predicted octanol–water partition coefficient (Wildman–Crippen LogP) is 0.887. The van der Waals surface area contributed by atoms with Gasteiger partial charge in [0.25, 0.3) is 0 Å². The first-order valence-electron chi connectivity index (χ1n) is 4.43. The van der Waals surface area contributed by atoms with E-state index in [1.165, 1.54) is 7.05 Å². The normalized spacial score (nSPS) is 20.1. The summed E-state index contributed by atoms with van der Waals surface area (Å²) in [6.45, 7) is 0. The molecule has 0 aromatic carbocycles. The molecule has 0 aliphatic heterocycles. The van der Waals surface area contributed by atoms with E-state index in [0.29, 0.717) is 0 Å². The molecule has 14 heavy (non-hydrogen) atoms. The molecule has 0 heterocycles. The van der Waals surface area contributed by atoms with Gasteiger partial charge in [0.15, 0.2) is 6.04 Å². The highest BCUT2D eigenvalue weighted by Crippen LogP contribution is 2.26. The first-order chi connectivity index (χ1) is 6.34. The van der Waals surface area contributed by atoms with Crippen LogP contribution in [0.5, 0.6) is 0 Å². The van der Waals surface area contributed by atoms with Crippen LogP contribution in [0.4, 0.5) is 13.2 Å². The quantitative estimate of drug-likeness (QED) is 0.735. The lowest BCUT2D eigenvalue weighted by Gasteiger charge is -2.36. The van der Waals surface area contributed by atoms with E-state index in [1.807, 2.05) is 0 Å². The molecule has 1 amide bonds. The molecule has 0 spiro atoms. The first kappa shape index (κ1) is 11.3. The van der Waals surface area contributed by atoms with E-state index < -0.39 is 18.1 Å². The fraction of sp³-hybridized carbons (Fsp3) is 0.875. The van der Waals surface area contributed by atoms with Crippen molar-refractivity contribution in [2.24, 2.45) is 5.73 Å². The van der Waals surface area contributed by atoms with Crippen LogP contribution in [0.3, 0.4) is 0 Å². The second kappa shape index (κ2) is 3.76. The van der Waals surface area contributed by atoms with Gasteiger partial charge in [-0.15, -0.1) is 0 Å². The molecule has 0 saturated heterocycles. The van der Waals surface area contributed by atoms with Crippen LogP contribution in [0.15, 0.2) is 0 Å². The van der Waals surface area contributed by atoms with E-state index in [0.717, 1.165) is 24.2 Å². The van der Waals surface area contributed by atoms with E-state index in [-0.39, 0.29) is 6.04 Å². The van der Waals surface area contributed by atoms with E-state index in [4.69, 9.17) is 5.73 Å². The van der Waals surface area contributed by atoms with Gasteiger partial charge in [0.1, 0.15) is 0 Å². The van der Waals surface area contributed by atoms with Crippen LogP contribution in [-0.2, 0) is 4.79 Å². The second-order valence-electron chi connectivity index (χ2n) is 3.55. The maximum Gasteiger partial charge on any atom is 0.412 e. The molecule has 1 fully saturated rings. The number of likely N-dealkylation sites (N-methyl/N-ethyl adjacent to an activating group) is 1. The van der Waals surface area contributed by atoms with Crippen molar-refractivity contribution in [1.29, 1.82) is 0 Å². The molecule has 1 atom stereocenters. The lowest BCUT2D eigenvalue weighted by atomic mass is 9.91. The number of carbonyl (C=O) groups is 1. The highest BCUT2D eigenvalue weighted by atomic mass is 19.4. The van der Waals surface area contributed by atoms with Gasteiger partial charge in [-0.1, -0.05) is 0 Å². The minimum absolute atomic E-state index is 0.0594. The minimum Gasteiger partial charge on any atom is -0.341 e. The standard InChI is InChI=1S/C8H13F3N2O/c1-13(5-3-2-4-5)7(14)6(12)8(9,10)11/h5-6H,2-4,12H2,1H3. The van der Waals surface area contributed by atoms with E-state index in [2.05, 4.69) is 0 Å². The highest BCUT2D eigenvalue weighted by molar-refractivity contribution is 5.82. The van der Waals surface area contributed by atoms with Gasteiger partial charge in [-0.3, -0.25) is 4.79 Å². The summed E-state index contributed by atoms with van der Waals surface area (Å²) in [7, 11) is 1.37. The number of amides is 1. The molecule has 82 valence electrons. The molecule has 2 N–H and O–H groups in total. The predicted molar refractivity (Wildman–Crippen MR) is 44.4 cm³/mol. The van der Waals surface area contributed by atoms with Crippen molar-refractivity contribution in [3.8, 4) is 0 Å². The molecule has 1 saturated carbocycles. The van der Waals surface area contributed by atoms with Gasteiger partial charge < -0.3 is 10.6 Å². The zero-order valence-corrected chi connectivity index (χ0v) is 7.84. The van der Waals surface area contributed by atoms with E-state index in [1.54, 1.807) is 0 Å². The zero-order valence-electron chi connectivity index (χ0n) is 7.84. The summed E-state index contributed by atoms with van der Waals surface area (Å²) in [5.74, 6) is -1.04. The van der Waals surface area contributed by atoms with E-state index in [9.17, 15) is 18.0 Å². The number of carbonyl (C=O) groups excluding carboxylic acids is 1. The third kappa shape index (κ3) is 2.17. The number of nitrogens with zero attached hydrogens (tertiary/aromatic N) is 1. The molecule has 0 bridgehead atoms. The van der Waals surface area contributed by atoms with Gasteiger partial charge in [0, 0.05) is 13.1 Å². The summed E-state index contributed by atoms with van der Waals surface area (Å²) >= 11 is 0. The number of rotatable bonds is 2. The third-order valence-corrected chi connectivity index (χ3v) is 2.59. The molecule has 1 unspecified atom stereocenters. The molecule has 0 aromatic heterocycles. The Hall–Kier alpha value is -0.780. The van der Waals surface area contributed by atoms with E-state index >= 15 is 0 Å². The van der Waals surface area contributed by atoms with Crippen molar-refractivity contribution in [1.82, 2.24) is 4.90 Å². The molecular weight excluding hydrogens is 197 g/mol. The molecule has 1 aliphatic rings. The van der Waals surface area contributed by atoms with Crippen LogP contribution in [0.2, 0.25) is 0 Å². The van der Waals surface area contributed by atoms with Crippen molar-refractivity contribution < 1.29 is 18.0 Å². The van der Waals surface area contributed by atoms with Crippen LogP contribution in [-0.4, -0.2) is 36.1 Å². The van der Waals surface area contributed by atoms with Crippen molar-refractivity contribution >= 4 is 5.91 Å². The number of halogens is 3. The second-order valence-corrected chi connectivity index (χ2v) is 3.55. The van der Waals surface area contributed by atoms with Gasteiger partial charge in [-0.05, 0) is 19.3 Å². The molecule has 0 radical (unpaired) electrons. The third-order valence-electron chi connectivity index (χ3n) is 2.59. The smallest absolute Gasteiger partial charge is 0.341 e. The Morgan fingerprint density at radius 1 is 1.50 bits per heavy atom. The molecule has 1 aliphatic carbocycles. The minimum atomic E-state index is -4.64. The zero-order chi connectivity index (χ0) is 10.9. The molecule has 6 heteroatoms. The van der Waals surface area contributed by atoms with Crippen LogP contribution in [0.1, 0.15) is 19.3 Å². The molecular formula is C8H13F3N2O. The SMILES string of the molecule is CN(C(=O)C(N)C(F)(F)F)C1CCC1. The fourth-order valence-electron chi connectivity index (χ4n) is 1.31. The summed E-state index contributed by atoms with van der Waals surface area (Å²) in [6.07, 6.45) is -2.14. The van der Waals surface area contributed by atoms with Crippen molar-refractivity contribution in [2.75, 3.05) is 7.05 Å². The van der Waals surface area contributed by atoms with Crippen LogP contribution >= 0.6 is 0 Å². The summed E-state index contributed by atoms with van der Waals surface area (Å²) in [5, 5.41) is 0.